The van der Waals surface area contributed by atoms with E-state index in [1.807, 2.05) is 13.8 Å². The zero-order valence-corrected chi connectivity index (χ0v) is 16.3. The largest absolute Gasteiger partial charge is 0.390 e. The molecule has 0 bridgehead atoms. The molecule has 140 valence electrons. The van der Waals surface area contributed by atoms with Gasteiger partial charge in [-0.25, -0.2) is 0 Å². The Kier molecular flexibility index (Phi) is 6.50. The van der Waals surface area contributed by atoms with Crippen LogP contribution in [0.4, 0.5) is 0 Å². The van der Waals surface area contributed by atoms with Gasteiger partial charge in [0.25, 0.3) is 0 Å². The second-order valence-corrected chi connectivity index (χ2v) is 8.57. The molecule has 0 heterocycles. The molecule has 1 aliphatic rings. The van der Waals surface area contributed by atoms with E-state index in [4.69, 9.17) is 0 Å². The number of benzene rings is 2. The van der Waals surface area contributed by atoms with Crippen LogP contribution in [0.1, 0.15) is 57.1 Å². The van der Waals surface area contributed by atoms with E-state index < -0.39 is 5.60 Å². The quantitative estimate of drug-likeness (QED) is 0.721. The van der Waals surface area contributed by atoms with E-state index in [0.717, 1.165) is 19.5 Å². The van der Waals surface area contributed by atoms with Crippen LogP contribution in [-0.2, 0) is 13.1 Å². The van der Waals surface area contributed by atoms with E-state index in [-0.39, 0.29) is 0 Å². The minimum absolute atomic E-state index is 0.536. The first kappa shape index (κ1) is 19.1. The van der Waals surface area contributed by atoms with Crippen molar-refractivity contribution in [1.82, 2.24) is 4.90 Å². The fourth-order valence-electron chi connectivity index (χ4n) is 4.37. The van der Waals surface area contributed by atoms with Gasteiger partial charge in [-0.05, 0) is 63.0 Å². The van der Waals surface area contributed by atoms with Gasteiger partial charge >= 0.3 is 0 Å². The summed E-state index contributed by atoms with van der Waals surface area (Å²) in [5.74, 6) is 0.668. The molecular formula is C24H33NO. The average molecular weight is 352 g/mol. The third-order valence-electron chi connectivity index (χ3n) is 5.58. The van der Waals surface area contributed by atoms with Crippen molar-refractivity contribution < 1.29 is 5.11 Å². The van der Waals surface area contributed by atoms with Crippen LogP contribution in [0.15, 0.2) is 60.7 Å². The fourth-order valence-corrected chi connectivity index (χ4v) is 4.37. The van der Waals surface area contributed by atoms with Gasteiger partial charge in [0, 0.05) is 19.1 Å². The van der Waals surface area contributed by atoms with Crippen LogP contribution >= 0.6 is 0 Å². The van der Waals surface area contributed by atoms with Crippen LogP contribution in [0.25, 0.3) is 0 Å². The summed E-state index contributed by atoms with van der Waals surface area (Å²) < 4.78 is 0. The van der Waals surface area contributed by atoms with Gasteiger partial charge in [0.15, 0.2) is 0 Å². The predicted molar refractivity (Wildman–Crippen MR) is 109 cm³/mol. The summed E-state index contributed by atoms with van der Waals surface area (Å²) >= 11 is 0. The summed E-state index contributed by atoms with van der Waals surface area (Å²) in [5, 5.41) is 10.1. The second kappa shape index (κ2) is 8.83. The first-order valence-electron chi connectivity index (χ1n) is 10.0. The lowest BCUT2D eigenvalue weighted by Crippen LogP contribution is -2.38. The summed E-state index contributed by atoms with van der Waals surface area (Å²) in [5.41, 5.74) is 2.25. The second-order valence-electron chi connectivity index (χ2n) is 8.57. The van der Waals surface area contributed by atoms with Crippen molar-refractivity contribution in [3.8, 4) is 0 Å². The molecule has 1 fully saturated rings. The molecule has 0 radical (unpaired) electrons. The maximum Gasteiger partial charge on any atom is 0.0594 e. The number of nitrogens with zero attached hydrogens (tertiary/aromatic N) is 1. The standard InChI is InChI=1S/C24H33NO/c1-24(2,26)17-20-13-15-23(16-14-20)25(18-21-9-5-3-6-10-21)19-22-11-7-4-8-12-22/h3-12,20,23,26H,13-19H2,1-2H3. The van der Waals surface area contributed by atoms with Crippen molar-refractivity contribution in [2.24, 2.45) is 5.92 Å². The van der Waals surface area contributed by atoms with E-state index in [1.54, 1.807) is 0 Å². The van der Waals surface area contributed by atoms with Gasteiger partial charge in [0.2, 0.25) is 0 Å². The van der Waals surface area contributed by atoms with Crippen LogP contribution < -0.4 is 0 Å². The first-order valence-corrected chi connectivity index (χ1v) is 10.0. The molecule has 0 atom stereocenters. The SMILES string of the molecule is CC(C)(O)CC1CCC(N(Cc2ccccc2)Cc2ccccc2)CC1. The zero-order chi connectivity index (χ0) is 18.4. The maximum absolute atomic E-state index is 10.1. The molecule has 0 saturated heterocycles. The van der Waals surface area contributed by atoms with Gasteiger partial charge in [-0.2, -0.15) is 0 Å². The molecule has 2 heteroatoms. The Hall–Kier alpha value is -1.64. The van der Waals surface area contributed by atoms with E-state index in [9.17, 15) is 5.11 Å². The van der Waals surface area contributed by atoms with Gasteiger partial charge in [-0.3, -0.25) is 4.90 Å². The first-order chi connectivity index (χ1) is 12.5. The van der Waals surface area contributed by atoms with Crippen molar-refractivity contribution >= 4 is 0 Å². The van der Waals surface area contributed by atoms with Crippen LogP contribution in [0.2, 0.25) is 0 Å². The smallest absolute Gasteiger partial charge is 0.0594 e. The van der Waals surface area contributed by atoms with Crippen LogP contribution in [0.3, 0.4) is 0 Å². The lowest BCUT2D eigenvalue weighted by molar-refractivity contribution is 0.0351. The van der Waals surface area contributed by atoms with Crippen molar-refractivity contribution in [3.63, 3.8) is 0 Å². The van der Waals surface area contributed by atoms with Crippen LogP contribution in [-0.4, -0.2) is 21.6 Å². The molecule has 2 aromatic rings. The molecule has 1 aliphatic carbocycles. The number of hydrogen-bond donors (Lipinski definition) is 1. The summed E-state index contributed by atoms with van der Waals surface area (Å²) in [6, 6.07) is 22.3. The summed E-state index contributed by atoms with van der Waals surface area (Å²) in [4.78, 5) is 2.66. The van der Waals surface area contributed by atoms with Crippen molar-refractivity contribution in [2.45, 2.75) is 70.7 Å². The van der Waals surface area contributed by atoms with Crippen LogP contribution in [0, 0.1) is 5.92 Å². The van der Waals surface area contributed by atoms with E-state index in [0.29, 0.717) is 12.0 Å². The number of aliphatic hydroxyl groups is 1. The normalized spacial score (nSPS) is 21.1. The highest BCUT2D eigenvalue weighted by molar-refractivity contribution is 5.17. The van der Waals surface area contributed by atoms with Gasteiger partial charge in [0.1, 0.15) is 0 Å². The zero-order valence-electron chi connectivity index (χ0n) is 16.3. The van der Waals surface area contributed by atoms with E-state index in [2.05, 4.69) is 65.6 Å². The van der Waals surface area contributed by atoms with Gasteiger partial charge in [0.05, 0.1) is 5.60 Å². The van der Waals surface area contributed by atoms with Gasteiger partial charge in [-0.15, -0.1) is 0 Å². The Balaban J connectivity index is 1.65. The summed E-state index contributed by atoms with van der Waals surface area (Å²) in [6.45, 7) is 5.90. The Labute approximate surface area is 158 Å². The monoisotopic (exact) mass is 351 g/mol. The molecule has 1 N–H and O–H groups in total. The molecule has 1 saturated carbocycles. The summed E-state index contributed by atoms with van der Waals surface area (Å²) in [7, 11) is 0. The molecule has 0 spiro atoms. The Morgan fingerprint density at radius 1 is 0.808 bits per heavy atom. The minimum atomic E-state index is -0.536. The van der Waals surface area contributed by atoms with Crippen molar-refractivity contribution in [1.29, 1.82) is 0 Å². The Bertz CT molecular complexity index is 597. The van der Waals surface area contributed by atoms with Gasteiger partial charge < -0.3 is 5.11 Å². The molecular weight excluding hydrogens is 318 g/mol. The predicted octanol–water partition coefficient (Wildman–Crippen LogP) is 5.41. The third kappa shape index (κ3) is 5.96. The molecule has 2 nitrogen and oxygen atoms in total. The van der Waals surface area contributed by atoms with E-state index >= 15 is 0 Å². The molecule has 3 rings (SSSR count). The van der Waals surface area contributed by atoms with E-state index in [1.165, 1.54) is 36.8 Å². The molecule has 0 unspecified atom stereocenters. The summed E-state index contributed by atoms with van der Waals surface area (Å²) in [6.07, 6.45) is 5.86. The molecule has 26 heavy (non-hydrogen) atoms. The molecule has 0 aromatic heterocycles. The lowest BCUT2D eigenvalue weighted by atomic mass is 9.79. The Morgan fingerprint density at radius 3 is 1.69 bits per heavy atom. The van der Waals surface area contributed by atoms with Crippen molar-refractivity contribution in [3.05, 3.63) is 71.8 Å². The number of rotatable bonds is 7. The Morgan fingerprint density at radius 2 is 1.27 bits per heavy atom. The number of hydrogen-bond acceptors (Lipinski definition) is 2. The highest BCUT2D eigenvalue weighted by atomic mass is 16.3. The topological polar surface area (TPSA) is 23.5 Å². The third-order valence-corrected chi connectivity index (χ3v) is 5.58. The lowest BCUT2D eigenvalue weighted by Gasteiger charge is -2.38. The highest BCUT2D eigenvalue weighted by Gasteiger charge is 2.29. The highest BCUT2D eigenvalue weighted by Crippen LogP contribution is 2.33. The molecule has 0 aliphatic heterocycles. The minimum Gasteiger partial charge on any atom is -0.390 e. The van der Waals surface area contributed by atoms with Gasteiger partial charge in [-0.1, -0.05) is 60.7 Å². The molecule has 0 amide bonds. The average Bonchev–Trinajstić information content (AvgIpc) is 2.62. The van der Waals surface area contributed by atoms with Crippen molar-refractivity contribution in [2.75, 3.05) is 0 Å². The van der Waals surface area contributed by atoms with Crippen LogP contribution in [0.5, 0.6) is 0 Å². The molecule has 2 aromatic carbocycles. The maximum atomic E-state index is 10.1. The fraction of sp³-hybridized carbons (Fsp3) is 0.500.